The van der Waals surface area contributed by atoms with E-state index in [1.54, 1.807) is 12.4 Å². The van der Waals surface area contributed by atoms with Crippen molar-refractivity contribution >= 4 is 11.6 Å². The van der Waals surface area contributed by atoms with E-state index in [-0.39, 0.29) is 11.8 Å². The fourth-order valence-corrected chi connectivity index (χ4v) is 3.82. The highest BCUT2D eigenvalue weighted by Crippen LogP contribution is 2.30. The molecular formula is C23H27N5O2. The number of imidazole rings is 1. The third-order valence-corrected chi connectivity index (χ3v) is 5.39. The minimum absolute atomic E-state index is 0.0285. The maximum absolute atomic E-state index is 13.0. The largest absolute Gasteiger partial charge is 0.454 e. The highest BCUT2D eigenvalue weighted by atomic mass is 16.5. The van der Waals surface area contributed by atoms with Gasteiger partial charge in [0.15, 0.2) is 5.75 Å². The normalized spacial score (nSPS) is 16.9. The average Bonchev–Trinajstić information content (AvgIpc) is 3.23. The first-order chi connectivity index (χ1) is 14.7. The van der Waals surface area contributed by atoms with Crippen molar-refractivity contribution in [2.45, 2.75) is 32.9 Å². The Morgan fingerprint density at radius 1 is 1.23 bits per heavy atom. The van der Waals surface area contributed by atoms with Crippen molar-refractivity contribution in [3.63, 3.8) is 0 Å². The number of carbonyl (C=O) groups is 1. The number of anilines is 1. The van der Waals surface area contributed by atoms with E-state index in [1.807, 2.05) is 48.8 Å². The Kier molecular flexibility index (Phi) is 6.39. The zero-order valence-electron chi connectivity index (χ0n) is 17.2. The molecule has 156 valence electrons. The topological polar surface area (TPSA) is 72.3 Å². The standard InChI is InChI=1S/C23H27N5O2/c1-2-28-14-12-25-22(28)17-27-13-6-7-18(16-27)23(29)26-20-9-3-4-10-21(20)30-19-8-5-11-24-15-19/h3-5,8-12,14-15,18H,2,6-7,13,16-17H2,1H3,(H,26,29)/t18-/m0/s1. The Bertz CT molecular complexity index is 972. The molecule has 30 heavy (non-hydrogen) atoms. The van der Waals surface area contributed by atoms with Gasteiger partial charge in [-0.15, -0.1) is 0 Å². The Morgan fingerprint density at radius 3 is 2.97 bits per heavy atom. The van der Waals surface area contributed by atoms with E-state index in [0.29, 0.717) is 17.2 Å². The Balaban J connectivity index is 1.40. The molecular weight excluding hydrogens is 378 g/mol. The Labute approximate surface area is 176 Å². The SMILES string of the molecule is CCn1ccnc1CN1CCC[C@H](C(=O)Nc2ccccc2Oc2cccnc2)C1. The maximum Gasteiger partial charge on any atom is 0.228 e. The number of rotatable bonds is 7. The summed E-state index contributed by atoms with van der Waals surface area (Å²) in [5.74, 6) is 2.26. The number of aromatic nitrogens is 3. The number of amides is 1. The lowest BCUT2D eigenvalue weighted by Crippen LogP contribution is -2.40. The number of piperidine rings is 1. The van der Waals surface area contributed by atoms with Crippen molar-refractivity contribution in [1.82, 2.24) is 19.4 Å². The van der Waals surface area contributed by atoms with E-state index < -0.39 is 0 Å². The third-order valence-electron chi connectivity index (χ3n) is 5.39. The number of hydrogen-bond acceptors (Lipinski definition) is 5. The summed E-state index contributed by atoms with van der Waals surface area (Å²) in [6.07, 6.45) is 9.07. The molecule has 0 spiro atoms. The molecule has 1 aliphatic heterocycles. The van der Waals surface area contributed by atoms with Gasteiger partial charge in [0.1, 0.15) is 11.6 Å². The van der Waals surface area contributed by atoms with Crippen molar-refractivity contribution < 1.29 is 9.53 Å². The summed E-state index contributed by atoms with van der Waals surface area (Å²) in [4.78, 5) is 23.9. The molecule has 4 rings (SSSR count). The van der Waals surface area contributed by atoms with Crippen LogP contribution in [0.1, 0.15) is 25.6 Å². The van der Waals surface area contributed by atoms with Gasteiger partial charge in [0, 0.05) is 31.7 Å². The van der Waals surface area contributed by atoms with Gasteiger partial charge in [-0.3, -0.25) is 14.7 Å². The monoisotopic (exact) mass is 405 g/mol. The van der Waals surface area contributed by atoms with Crippen LogP contribution in [0.5, 0.6) is 11.5 Å². The number of likely N-dealkylation sites (tertiary alicyclic amines) is 1. The summed E-state index contributed by atoms with van der Waals surface area (Å²) in [5.41, 5.74) is 0.671. The molecule has 1 N–H and O–H groups in total. The van der Waals surface area contributed by atoms with Gasteiger partial charge in [-0.2, -0.15) is 0 Å². The lowest BCUT2D eigenvalue weighted by atomic mass is 9.97. The van der Waals surface area contributed by atoms with Crippen LogP contribution in [0, 0.1) is 5.92 Å². The summed E-state index contributed by atoms with van der Waals surface area (Å²) in [7, 11) is 0. The molecule has 7 heteroatoms. The quantitative estimate of drug-likeness (QED) is 0.645. The number of para-hydroxylation sites is 2. The van der Waals surface area contributed by atoms with E-state index >= 15 is 0 Å². The summed E-state index contributed by atoms with van der Waals surface area (Å²) in [5, 5.41) is 3.07. The second-order valence-electron chi connectivity index (χ2n) is 7.48. The second kappa shape index (κ2) is 9.54. The number of carbonyl (C=O) groups excluding carboxylic acids is 1. The number of benzene rings is 1. The van der Waals surface area contributed by atoms with E-state index in [4.69, 9.17) is 4.74 Å². The molecule has 1 aromatic carbocycles. The first kappa shape index (κ1) is 20.1. The molecule has 1 aliphatic rings. The molecule has 7 nitrogen and oxygen atoms in total. The predicted molar refractivity (Wildman–Crippen MR) is 115 cm³/mol. The maximum atomic E-state index is 13.0. The molecule has 3 aromatic rings. The van der Waals surface area contributed by atoms with Crippen LogP contribution in [0.2, 0.25) is 0 Å². The fraction of sp³-hybridized carbons (Fsp3) is 0.348. The van der Waals surface area contributed by atoms with Crippen LogP contribution in [0.4, 0.5) is 5.69 Å². The minimum atomic E-state index is -0.0600. The molecule has 0 unspecified atom stereocenters. The summed E-state index contributed by atoms with van der Waals surface area (Å²) >= 11 is 0. The van der Waals surface area contributed by atoms with Gasteiger partial charge in [-0.25, -0.2) is 4.98 Å². The van der Waals surface area contributed by atoms with Gasteiger partial charge in [-0.1, -0.05) is 12.1 Å². The van der Waals surface area contributed by atoms with E-state index in [2.05, 4.69) is 31.7 Å². The number of hydrogen-bond donors (Lipinski definition) is 1. The second-order valence-corrected chi connectivity index (χ2v) is 7.48. The van der Waals surface area contributed by atoms with Crippen LogP contribution in [0.15, 0.2) is 61.2 Å². The van der Waals surface area contributed by atoms with Gasteiger partial charge in [0.25, 0.3) is 0 Å². The molecule has 0 aliphatic carbocycles. The first-order valence-electron chi connectivity index (χ1n) is 10.4. The van der Waals surface area contributed by atoms with Crippen molar-refractivity contribution in [3.05, 3.63) is 67.0 Å². The third kappa shape index (κ3) is 4.86. The number of nitrogens with zero attached hydrogens (tertiary/aromatic N) is 4. The van der Waals surface area contributed by atoms with Gasteiger partial charge >= 0.3 is 0 Å². The van der Waals surface area contributed by atoms with Crippen LogP contribution < -0.4 is 10.1 Å². The molecule has 3 heterocycles. The average molecular weight is 406 g/mol. The van der Waals surface area contributed by atoms with Crippen LogP contribution >= 0.6 is 0 Å². The van der Waals surface area contributed by atoms with Gasteiger partial charge in [0.2, 0.25) is 5.91 Å². The molecule has 1 atom stereocenters. The lowest BCUT2D eigenvalue weighted by molar-refractivity contribution is -0.121. The molecule has 2 aromatic heterocycles. The molecule has 1 saturated heterocycles. The van der Waals surface area contributed by atoms with Crippen molar-refractivity contribution in [2.24, 2.45) is 5.92 Å². The number of nitrogens with one attached hydrogen (secondary N) is 1. The highest BCUT2D eigenvalue weighted by Gasteiger charge is 2.27. The first-order valence-corrected chi connectivity index (χ1v) is 10.4. The zero-order chi connectivity index (χ0) is 20.8. The van der Waals surface area contributed by atoms with Crippen molar-refractivity contribution in [2.75, 3.05) is 18.4 Å². The molecule has 0 radical (unpaired) electrons. The smallest absolute Gasteiger partial charge is 0.228 e. The van der Waals surface area contributed by atoms with Crippen LogP contribution in [-0.2, 0) is 17.9 Å². The highest BCUT2D eigenvalue weighted by molar-refractivity contribution is 5.94. The lowest BCUT2D eigenvalue weighted by Gasteiger charge is -2.31. The van der Waals surface area contributed by atoms with Gasteiger partial charge in [-0.05, 0) is 50.6 Å². The summed E-state index contributed by atoms with van der Waals surface area (Å²) < 4.78 is 8.06. The molecule has 0 bridgehead atoms. The van der Waals surface area contributed by atoms with Gasteiger partial charge in [0.05, 0.1) is 24.3 Å². The number of aryl methyl sites for hydroxylation is 1. The zero-order valence-corrected chi connectivity index (χ0v) is 17.2. The molecule has 0 saturated carbocycles. The fourth-order valence-electron chi connectivity index (χ4n) is 3.82. The number of pyridine rings is 1. The van der Waals surface area contributed by atoms with Crippen molar-refractivity contribution in [1.29, 1.82) is 0 Å². The predicted octanol–water partition coefficient (Wildman–Crippen LogP) is 3.94. The summed E-state index contributed by atoms with van der Waals surface area (Å²) in [6, 6.07) is 11.1. The molecule has 1 fully saturated rings. The van der Waals surface area contributed by atoms with E-state index in [0.717, 1.165) is 44.8 Å². The minimum Gasteiger partial charge on any atom is -0.454 e. The Hall–Kier alpha value is -3.19. The van der Waals surface area contributed by atoms with Crippen molar-refractivity contribution in [3.8, 4) is 11.5 Å². The number of ether oxygens (including phenoxy) is 1. The molecule has 1 amide bonds. The van der Waals surface area contributed by atoms with E-state index in [9.17, 15) is 4.79 Å². The Morgan fingerprint density at radius 2 is 2.13 bits per heavy atom. The van der Waals surface area contributed by atoms with Crippen LogP contribution in [0.25, 0.3) is 0 Å². The van der Waals surface area contributed by atoms with E-state index in [1.165, 1.54) is 0 Å². The van der Waals surface area contributed by atoms with Gasteiger partial charge < -0.3 is 14.6 Å². The summed E-state index contributed by atoms with van der Waals surface area (Å²) in [6.45, 7) is 5.50. The van der Waals surface area contributed by atoms with Crippen LogP contribution in [-0.4, -0.2) is 38.4 Å². The van der Waals surface area contributed by atoms with Crippen LogP contribution in [0.3, 0.4) is 0 Å².